The van der Waals surface area contributed by atoms with Crippen LogP contribution in [0.4, 0.5) is 5.69 Å². The standard InChI is InChI=1S/C24H25N3O4S2/c1-16-12-24(32-15-23(29)25-19-7-5-6-18(13-19)17(2)28)26-22-9-8-20(14-21(16)22)33(30,31)27-10-3-4-11-27/h5-9,12-14H,3-4,10-11,15H2,1-2H3,(H,25,29). The number of aryl methyl sites for hydroxylation is 1. The molecule has 1 amide bonds. The van der Waals surface area contributed by atoms with Gasteiger partial charge in [-0.3, -0.25) is 9.59 Å². The highest BCUT2D eigenvalue weighted by Crippen LogP contribution is 2.28. The average Bonchev–Trinajstić information content (AvgIpc) is 3.34. The zero-order chi connectivity index (χ0) is 23.6. The second kappa shape index (κ2) is 9.62. The fraction of sp³-hybridized carbons (Fsp3) is 0.292. The molecule has 0 unspecified atom stereocenters. The second-order valence-corrected chi connectivity index (χ2v) is 11.0. The first-order valence-corrected chi connectivity index (χ1v) is 13.1. The highest BCUT2D eigenvalue weighted by atomic mass is 32.2. The zero-order valence-electron chi connectivity index (χ0n) is 18.5. The Labute approximate surface area is 197 Å². The SMILES string of the molecule is CC(=O)c1cccc(NC(=O)CSc2cc(C)c3cc(S(=O)(=O)N4CCCC4)ccc3n2)c1. The fourth-order valence-electron chi connectivity index (χ4n) is 3.81. The van der Waals surface area contributed by atoms with Gasteiger partial charge in [-0.05, 0) is 68.7 Å². The Morgan fingerprint density at radius 1 is 1.09 bits per heavy atom. The van der Waals surface area contributed by atoms with Crippen LogP contribution in [0.2, 0.25) is 0 Å². The van der Waals surface area contributed by atoms with E-state index in [1.165, 1.54) is 23.0 Å². The van der Waals surface area contributed by atoms with Gasteiger partial charge >= 0.3 is 0 Å². The number of carbonyl (C=O) groups is 2. The summed E-state index contributed by atoms with van der Waals surface area (Å²) in [7, 11) is -3.49. The molecule has 0 bridgehead atoms. The number of carbonyl (C=O) groups excluding carboxylic acids is 2. The number of thioether (sulfide) groups is 1. The van der Waals surface area contributed by atoms with Crippen molar-refractivity contribution in [3.63, 3.8) is 0 Å². The summed E-state index contributed by atoms with van der Waals surface area (Å²) in [6.45, 7) is 4.52. The van der Waals surface area contributed by atoms with Crippen molar-refractivity contribution in [2.75, 3.05) is 24.2 Å². The lowest BCUT2D eigenvalue weighted by atomic mass is 10.1. The number of nitrogens with zero attached hydrogens (tertiary/aromatic N) is 2. The average molecular weight is 484 g/mol. The van der Waals surface area contributed by atoms with E-state index in [0.717, 1.165) is 23.8 Å². The molecule has 0 saturated carbocycles. The van der Waals surface area contributed by atoms with Crippen molar-refractivity contribution in [1.29, 1.82) is 0 Å². The molecule has 2 heterocycles. The van der Waals surface area contributed by atoms with Gasteiger partial charge in [-0.15, -0.1) is 0 Å². The molecule has 0 atom stereocenters. The maximum absolute atomic E-state index is 12.9. The van der Waals surface area contributed by atoms with Crippen molar-refractivity contribution in [3.8, 4) is 0 Å². The highest BCUT2D eigenvalue weighted by molar-refractivity contribution is 7.99. The minimum absolute atomic E-state index is 0.0623. The summed E-state index contributed by atoms with van der Waals surface area (Å²) in [5.41, 5.74) is 2.70. The first kappa shape index (κ1) is 23.4. The summed E-state index contributed by atoms with van der Waals surface area (Å²) >= 11 is 1.30. The normalized spacial score (nSPS) is 14.5. The minimum atomic E-state index is -3.49. The van der Waals surface area contributed by atoms with Gasteiger partial charge in [0.05, 0.1) is 21.2 Å². The van der Waals surface area contributed by atoms with E-state index in [9.17, 15) is 18.0 Å². The predicted molar refractivity (Wildman–Crippen MR) is 130 cm³/mol. The summed E-state index contributed by atoms with van der Waals surface area (Å²) in [4.78, 5) is 28.8. The first-order valence-electron chi connectivity index (χ1n) is 10.7. The molecular weight excluding hydrogens is 458 g/mol. The van der Waals surface area contributed by atoms with Gasteiger partial charge in [0.1, 0.15) is 0 Å². The molecule has 1 aliphatic heterocycles. The summed E-state index contributed by atoms with van der Waals surface area (Å²) in [6, 6.07) is 13.7. The number of sulfonamides is 1. The molecule has 33 heavy (non-hydrogen) atoms. The number of anilines is 1. The minimum Gasteiger partial charge on any atom is -0.325 e. The van der Waals surface area contributed by atoms with Crippen molar-refractivity contribution in [1.82, 2.24) is 9.29 Å². The third kappa shape index (κ3) is 5.26. The zero-order valence-corrected chi connectivity index (χ0v) is 20.1. The van der Waals surface area contributed by atoms with E-state index in [1.54, 1.807) is 42.5 Å². The van der Waals surface area contributed by atoms with Crippen molar-refractivity contribution < 1.29 is 18.0 Å². The molecule has 1 saturated heterocycles. The molecule has 0 aliphatic carbocycles. The number of nitrogens with one attached hydrogen (secondary N) is 1. The summed E-state index contributed by atoms with van der Waals surface area (Å²) in [5, 5.41) is 4.26. The van der Waals surface area contributed by atoms with Gasteiger partial charge in [-0.25, -0.2) is 13.4 Å². The van der Waals surface area contributed by atoms with Crippen LogP contribution in [-0.4, -0.2) is 48.2 Å². The van der Waals surface area contributed by atoms with Crippen molar-refractivity contribution in [2.45, 2.75) is 36.6 Å². The molecule has 4 rings (SSSR count). The van der Waals surface area contributed by atoms with E-state index >= 15 is 0 Å². The van der Waals surface area contributed by atoms with Crippen LogP contribution >= 0.6 is 11.8 Å². The van der Waals surface area contributed by atoms with E-state index in [4.69, 9.17) is 0 Å². The lowest BCUT2D eigenvalue weighted by Crippen LogP contribution is -2.27. The van der Waals surface area contributed by atoms with E-state index in [-0.39, 0.29) is 22.3 Å². The first-order chi connectivity index (χ1) is 15.7. The second-order valence-electron chi connectivity index (χ2n) is 8.04. The number of pyridine rings is 1. The maximum atomic E-state index is 12.9. The number of rotatable bonds is 7. The van der Waals surface area contributed by atoms with E-state index < -0.39 is 10.0 Å². The molecule has 9 heteroatoms. The molecule has 0 spiro atoms. The number of benzene rings is 2. The number of Topliss-reactive ketones (excluding diaryl/α,β-unsaturated/α-hetero) is 1. The molecule has 3 aromatic rings. The Morgan fingerprint density at radius 2 is 1.85 bits per heavy atom. The predicted octanol–water partition coefficient (Wildman–Crippen LogP) is 4.26. The van der Waals surface area contributed by atoms with Gasteiger partial charge < -0.3 is 5.32 Å². The quantitative estimate of drug-likeness (QED) is 0.398. The number of hydrogen-bond acceptors (Lipinski definition) is 6. The molecule has 1 N–H and O–H groups in total. The van der Waals surface area contributed by atoms with E-state index in [1.807, 2.05) is 13.0 Å². The largest absolute Gasteiger partial charge is 0.325 e. The van der Waals surface area contributed by atoms with Gasteiger partial charge in [0.2, 0.25) is 15.9 Å². The van der Waals surface area contributed by atoms with Gasteiger partial charge in [0, 0.05) is 29.7 Å². The summed E-state index contributed by atoms with van der Waals surface area (Å²) in [6.07, 6.45) is 1.79. The van der Waals surface area contributed by atoms with Crippen LogP contribution in [0.25, 0.3) is 10.9 Å². The third-order valence-electron chi connectivity index (χ3n) is 5.57. The molecule has 0 radical (unpaired) electrons. The Hall–Kier alpha value is -2.75. The van der Waals surface area contributed by atoms with Crippen molar-refractivity contribution in [3.05, 3.63) is 59.7 Å². The Balaban J connectivity index is 1.47. The number of fused-ring (bicyclic) bond motifs is 1. The fourth-order valence-corrected chi connectivity index (χ4v) is 6.12. The van der Waals surface area contributed by atoms with Gasteiger partial charge in [0.25, 0.3) is 0 Å². The molecule has 1 aromatic heterocycles. The Bertz CT molecular complexity index is 1330. The smallest absolute Gasteiger partial charge is 0.243 e. The molecule has 7 nitrogen and oxygen atoms in total. The number of ketones is 1. The van der Waals surface area contributed by atoms with Crippen molar-refractivity contribution in [2.24, 2.45) is 0 Å². The van der Waals surface area contributed by atoms with Crippen LogP contribution in [0.5, 0.6) is 0 Å². The van der Waals surface area contributed by atoms with Crippen molar-refractivity contribution >= 4 is 50.1 Å². The summed E-state index contributed by atoms with van der Waals surface area (Å²) in [5.74, 6) is -0.107. The van der Waals surface area contributed by atoms with Crippen LogP contribution in [0.1, 0.15) is 35.7 Å². The van der Waals surface area contributed by atoms with Crippen LogP contribution in [0.15, 0.2) is 58.5 Å². The van der Waals surface area contributed by atoms with Gasteiger partial charge in [0.15, 0.2) is 5.78 Å². The van der Waals surface area contributed by atoms with Gasteiger partial charge in [-0.1, -0.05) is 23.9 Å². The summed E-state index contributed by atoms with van der Waals surface area (Å²) < 4.78 is 27.3. The molecule has 1 aliphatic rings. The van der Waals surface area contributed by atoms with E-state index in [2.05, 4.69) is 10.3 Å². The molecule has 172 valence electrons. The topological polar surface area (TPSA) is 96.4 Å². The number of hydrogen-bond donors (Lipinski definition) is 1. The van der Waals surface area contributed by atoms with Crippen LogP contribution in [0, 0.1) is 6.92 Å². The molecule has 1 fully saturated rings. The highest BCUT2D eigenvalue weighted by Gasteiger charge is 2.27. The van der Waals surface area contributed by atoms with Crippen LogP contribution < -0.4 is 5.32 Å². The molecular formula is C24H25N3O4S2. The maximum Gasteiger partial charge on any atom is 0.243 e. The monoisotopic (exact) mass is 483 g/mol. The molecule has 2 aromatic carbocycles. The van der Waals surface area contributed by atoms with Crippen LogP contribution in [-0.2, 0) is 14.8 Å². The van der Waals surface area contributed by atoms with E-state index in [0.29, 0.717) is 34.9 Å². The third-order valence-corrected chi connectivity index (χ3v) is 8.38. The Kier molecular flexibility index (Phi) is 6.83. The van der Waals surface area contributed by atoms with Crippen LogP contribution in [0.3, 0.4) is 0 Å². The lowest BCUT2D eigenvalue weighted by Gasteiger charge is -2.16. The number of amides is 1. The Morgan fingerprint density at radius 3 is 2.58 bits per heavy atom. The van der Waals surface area contributed by atoms with Gasteiger partial charge in [-0.2, -0.15) is 4.31 Å². The lowest BCUT2D eigenvalue weighted by molar-refractivity contribution is -0.113. The number of aromatic nitrogens is 1.